The van der Waals surface area contributed by atoms with Crippen molar-refractivity contribution < 1.29 is 9.59 Å². The highest BCUT2D eigenvalue weighted by atomic mass is 16.2. The highest BCUT2D eigenvalue weighted by Crippen LogP contribution is 2.27. The molecule has 1 unspecified atom stereocenters. The molecule has 0 bridgehead atoms. The standard InChI is InChI=1S/C11H13NO.C4H7NO/c1-8-4-2-3-5-9(8)10-6-7-11(13)12-10;5-4(6)3-1-2-3/h2-5,10H,6-7H2,1H3,(H,12,13);3H,1-2H2,(H2,5,6). The lowest BCUT2D eigenvalue weighted by molar-refractivity contribution is -0.120. The van der Waals surface area contributed by atoms with Crippen LogP contribution < -0.4 is 11.1 Å². The van der Waals surface area contributed by atoms with Crippen LogP contribution in [-0.2, 0) is 9.59 Å². The van der Waals surface area contributed by atoms with Crippen molar-refractivity contribution in [3.8, 4) is 0 Å². The van der Waals surface area contributed by atoms with Crippen LogP contribution >= 0.6 is 0 Å². The Labute approximate surface area is 113 Å². The Morgan fingerprint density at radius 2 is 1.95 bits per heavy atom. The molecule has 3 N–H and O–H groups in total. The number of hydrogen-bond donors (Lipinski definition) is 2. The molecule has 1 heterocycles. The van der Waals surface area contributed by atoms with Crippen LogP contribution in [0.25, 0.3) is 0 Å². The Morgan fingerprint density at radius 1 is 1.26 bits per heavy atom. The van der Waals surface area contributed by atoms with E-state index in [1.165, 1.54) is 11.1 Å². The molecule has 0 aromatic heterocycles. The van der Waals surface area contributed by atoms with Crippen molar-refractivity contribution in [2.75, 3.05) is 0 Å². The summed E-state index contributed by atoms with van der Waals surface area (Å²) in [6, 6.07) is 8.46. The van der Waals surface area contributed by atoms with Gasteiger partial charge in [-0.15, -0.1) is 0 Å². The lowest BCUT2D eigenvalue weighted by Crippen LogP contribution is -2.18. The van der Waals surface area contributed by atoms with E-state index in [0.717, 1.165) is 19.3 Å². The molecule has 3 rings (SSSR count). The van der Waals surface area contributed by atoms with Crippen LogP contribution in [0, 0.1) is 12.8 Å². The van der Waals surface area contributed by atoms with Gasteiger partial charge in [-0.2, -0.15) is 0 Å². The third-order valence-electron chi connectivity index (χ3n) is 3.54. The summed E-state index contributed by atoms with van der Waals surface area (Å²) in [6.45, 7) is 2.08. The first-order valence-electron chi connectivity index (χ1n) is 6.72. The molecular formula is C15H20N2O2. The van der Waals surface area contributed by atoms with Gasteiger partial charge in [-0.25, -0.2) is 0 Å². The molecule has 4 heteroatoms. The number of nitrogens with two attached hydrogens (primary N) is 1. The SMILES string of the molecule is Cc1ccccc1C1CCC(=O)N1.NC(=O)C1CC1. The molecule has 0 radical (unpaired) electrons. The number of benzene rings is 1. The molecule has 1 saturated carbocycles. The maximum atomic E-state index is 11.0. The lowest BCUT2D eigenvalue weighted by Gasteiger charge is -2.12. The highest BCUT2D eigenvalue weighted by molar-refractivity contribution is 5.79. The van der Waals surface area contributed by atoms with Gasteiger partial charge in [0.05, 0.1) is 6.04 Å². The van der Waals surface area contributed by atoms with Gasteiger partial charge >= 0.3 is 0 Å². The molecule has 102 valence electrons. The summed E-state index contributed by atoms with van der Waals surface area (Å²) in [4.78, 5) is 21.0. The number of carbonyl (C=O) groups is 2. The molecule has 1 aliphatic heterocycles. The molecule has 2 amide bonds. The van der Waals surface area contributed by atoms with Gasteiger partial charge in [0, 0.05) is 12.3 Å². The zero-order valence-electron chi connectivity index (χ0n) is 11.2. The third-order valence-corrected chi connectivity index (χ3v) is 3.54. The first kappa shape index (κ1) is 13.6. The Morgan fingerprint density at radius 3 is 2.37 bits per heavy atom. The number of nitrogens with one attached hydrogen (secondary N) is 1. The quantitative estimate of drug-likeness (QED) is 0.851. The number of hydrogen-bond acceptors (Lipinski definition) is 2. The van der Waals surface area contributed by atoms with Gasteiger partial charge in [-0.1, -0.05) is 24.3 Å². The smallest absolute Gasteiger partial charge is 0.220 e. The van der Waals surface area contributed by atoms with Crippen LogP contribution in [0.2, 0.25) is 0 Å². The van der Waals surface area contributed by atoms with Crippen LogP contribution in [0.5, 0.6) is 0 Å². The average Bonchev–Trinajstić information content (AvgIpc) is 3.14. The van der Waals surface area contributed by atoms with E-state index >= 15 is 0 Å². The number of amides is 2. The van der Waals surface area contributed by atoms with Gasteiger partial charge < -0.3 is 11.1 Å². The zero-order valence-corrected chi connectivity index (χ0v) is 11.2. The van der Waals surface area contributed by atoms with Gasteiger partial charge in [0.1, 0.15) is 0 Å². The van der Waals surface area contributed by atoms with Crippen LogP contribution in [0.15, 0.2) is 24.3 Å². The molecule has 2 aliphatic rings. The molecule has 0 spiro atoms. The van der Waals surface area contributed by atoms with Crippen LogP contribution in [0.3, 0.4) is 0 Å². The van der Waals surface area contributed by atoms with Crippen LogP contribution in [0.4, 0.5) is 0 Å². The summed E-state index contributed by atoms with van der Waals surface area (Å²) in [5.74, 6) is 0.285. The van der Waals surface area contributed by atoms with Crippen LogP contribution in [0.1, 0.15) is 42.9 Å². The van der Waals surface area contributed by atoms with Gasteiger partial charge in [0.25, 0.3) is 0 Å². The van der Waals surface area contributed by atoms with E-state index in [1.54, 1.807) is 0 Å². The number of aryl methyl sites for hydroxylation is 1. The lowest BCUT2D eigenvalue weighted by atomic mass is 10.0. The van der Waals surface area contributed by atoms with Gasteiger partial charge in [-0.05, 0) is 37.3 Å². The zero-order chi connectivity index (χ0) is 13.8. The van der Waals surface area contributed by atoms with E-state index < -0.39 is 0 Å². The summed E-state index contributed by atoms with van der Waals surface area (Å²) < 4.78 is 0. The first-order valence-corrected chi connectivity index (χ1v) is 6.72. The van der Waals surface area contributed by atoms with E-state index in [-0.39, 0.29) is 23.8 Å². The van der Waals surface area contributed by atoms with Crippen molar-refractivity contribution in [2.45, 2.75) is 38.6 Å². The predicted octanol–water partition coefficient (Wildman–Crippen LogP) is 1.83. The Balaban J connectivity index is 0.000000186. The predicted molar refractivity (Wildman–Crippen MR) is 73.2 cm³/mol. The van der Waals surface area contributed by atoms with Crippen molar-refractivity contribution in [2.24, 2.45) is 11.7 Å². The Bertz CT molecular complexity index is 481. The van der Waals surface area contributed by atoms with Crippen molar-refractivity contribution in [1.82, 2.24) is 5.32 Å². The fourth-order valence-corrected chi connectivity index (χ4v) is 2.19. The minimum atomic E-state index is -0.130. The largest absolute Gasteiger partial charge is 0.369 e. The molecule has 1 atom stereocenters. The van der Waals surface area contributed by atoms with E-state index in [4.69, 9.17) is 5.73 Å². The highest BCUT2D eigenvalue weighted by Gasteiger charge is 2.26. The normalized spacial score (nSPS) is 21.3. The van der Waals surface area contributed by atoms with E-state index in [1.807, 2.05) is 12.1 Å². The number of rotatable bonds is 2. The monoisotopic (exact) mass is 260 g/mol. The minimum Gasteiger partial charge on any atom is -0.369 e. The summed E-state index contributed by atoms with van der Waals surface area (Å²) in [7, 11) is 0. The van der Waals surface area contributed by atoms with Gasteiger partial charge in [0.2, 0.25) is 11.8 Å². The van der Waals surface area contributed by atoms with Crippen LogP contribution in [-0.4, -0.2) is 11.8 Å². The fourth-order valence-electron chi connectivity index (χ4n) is 2.19. The summed E-state index contributed by atoms with van der Waals surface area (Å²) in [5.41, 5.74) is 7.38. The second-order valence-corrected chi connectivity index (χ2v) is 5.19. The minimum absolute atomic E-state index is 0.130. The number of carbonyl (C=O) groups excluding carboxylic acids is 2. The Hall–Kier alpha value is -1.84. The maximum Gasteiger partial charge on any atom is 0.220 e. The van der Waals surface area contributed by atoms with E-state index in [2.05, 4.69) is 24.4 Å². The summed E-state index contributed by atoms with van der Waals surface area (Å²) in [5, 5.41) is 2.97. The fraction of sp³-hybridized carbons (Fsp3) is 0.467. The molecule has 1 aromatic carbocycles. The van der Waals surface area contributed by atoms with Crippen molar-refractivity contribution in [3.05, 3.63) is 35.4 Å². The third kappa shape index (κ3) is 3.81. The molecule has 1 aromatic rings. The Kier molecular flexibility index (Phi) is 4.20. The first-order chi connectivity index (χ1) is 9.08. The maximum absolute atomic E-state index is 11.0. The molecule has 4 nitrogen and oxygen atoms in total. The second-order valence-electron chi connectivity index (χ2n) is 5.19. The van der Waals surface area contributed by atoms with E-state index in [0.29, 0.717) is 6.42 Å². The molecule has 19 heavy (non-hydrogen) atoms. The number of primary amides is 1. The average molecular weight is 260 g/mol. The molecule has 2 fully saturated rings. The van der Waals surface area contributed by atoms with E-state index in [9.17, 15) is 9.59 Å². The summed E-state index contributed by atoms with van der Waals surface area (Å²) >= 11 is 0. The van der Waals surface area contributed by atoms with Crippen molar-refractivity contribution in [3.63, 3.8) is 0 Å². The van der Waals surface area contributed by atoms with Crippen molar-refractivity contribution in [1.29, 1.82) is 0 Å². The van der Waals surface area contributed by atoms with Crippen molar-refractivity contribution >= 4 is 11.8 Å². The van der Waals surface area contributed by atoms with Gasteiger partial charge in [0.15, 0.2) is 0 Å². The molecule has 1 aliphatic carbocycles. The summed E-state index contributed by atoms with van der Waals surface area (Å²) in [6.07, 6.45) is 3.65. The van der Waals surface area contributed by atoms with Gasteiger partial charge in [-0.3, -0.25) is 9.59 Å². The topological polar surface area (TPSA) is 72.2 Å². The molecule has 1 saturated heterocycles. The molecular weight excluding hydrogens is 240 g/mol. The second kappa shape index (κ2) is 5.87.